The van der Waals surface area contributed by atoms with Crippen LogP contribution in [-0.2, 0) is 6.54 Å². The summed E-state index contributed by atoms with van der Waals surface area (Å²) < 4.78 is 0. The lowest BCUT2D eigenvalue weighted by Gasteiger charge is -2.14. The number of pyridine rings is 1. The molecule has 1 aliphatic heterocycles. The molecule has 4 rings (SSSR count). The zero-order valence-corrected chi connectivity index (χ0v) is 15.6. The highest BCUT2D eigenvalue weighted by Gasteiger charge is 2.14. The van der Waals surface area contributed by atoms with Crippen molar-refractivity contribution in [2.24, 2.45) is 0 Å². The molecule has 2 aromatic heterocycles. The minimum absolute atomic E-state index is 0.212. The van der Waals surface area contributed by atoms with E-state index in [2.05, 4.69) is 37.5 Å². The lowest BCUT2D eigenvalue weighted by atomic mass is 10.1. The first-order chi connectivity index (χ1) is 13.8. The summed E-state index contributed by atoms with van der Waals surface area (Å²) in [5.74, 6) is -0.212. The Balaban J connectivity index is 1.40. The van der Waals surface area contributed by atoms with E-state index < -0.39 is 0 Å². The molecule has 1 aliphatic rings. The summed E-state index contributed by atoms with van der Waals surface area (Å²) >= 11 is 0. The molecule has 28 heavy (non-hydrogen) atoms. The summed E-state index contributed by atoms with van der Waals surface area (Å²) in [5.41, 5.74) is 4.16. The minimum atomic E-state index is -0.212. The van der Waals surface area contributed by atoms with Gasteiger partial charge in [0, 0.05) is 30.2 Å². The molecule has 0 radical (unpaired) electrons. The largest absolute Gasteiger partial charge is 0.321 e. The monoisotopic (exact) mass is 373 g/mol. The van der Waals surface area contributed by atoms with E-state index in [1.165, 1.54) is 31.5 Å². The lowest BCUT2D eigenvalue weighted by molar-refractivity contribution is 0.102. The van der Waals surface area contributed by atoms with E-state index in [-0.39, 0.29) is 5.91 Å². The number of amides is 1. The van der Waals surface area contributed by atoms with Crippen LogP contribution in [-0.4, -0.2) is 39.1 Å². The molecule has 0 unspecified atom stereocenters. The maximum atomic E-state index is 12.6. The molecular weight excluding hydrogens is 350 g/mol. The van der Waals surface area contributed by atoms with Crippen LogP contribution < -0.4 is 5.32 Å². The van der Waals surface area contributed by atoms with Crippen LogP contribution >= 0.6 is 0 Å². The van der Waals surface area contributed by atoms with E-state index in [1.54, 1.807) is 18.6 Å². The molecule has 1 aromatic carbocycles. The number of anilines is 1. The average Bonchev–Trinajstić information content (AvgIpc) is 3.40. The van der Waals surface area contributed by atoms with Crippen LogP contribution in [0.5, 0.6) is 0 Å². The maximum Gasteiger partial charge on any atom is 0.274 e. The Hall–Kier alpha value is -3.25. The van der Waals surface area contributed by atoms with E-state index in [1.807, 2.05) is 36.4 Å². The number of carbonyl (C=O) groups excluding carboxylic acids is 1. The van der Waals surface area contributed by atoms with Crippen molar-refractivity contribution in [2.45, 2.75) is 19.4 Å². The second-order valence-electron chi connectivity index (χ2n) is 6.95. The van der Waals surface area contributed by atoms with Crippen molar-refractivity contribution in [3.63, 3.8) is 0 Å². The van der Waals surface area contributed by atoms with Gasteiger partial charge in [-0.05, 0) is 55.3 Å². The molecule has 6 heteroatoms. The summed E-state index contributed by atoms with van der Waals surface area (Å²) in [7, 11) is 0. The second-order valence-corrected chi connectivity index (χ2v) is 6.95. The number of aromatic nitrogens is 3. The van der Waals surface area contributed by atoms with Gasteiger partial charge in [-0.2, -0.15) is 5.10 Å². The van der Waals surface area contributed by atoms with Crippen molar-refractivity contribution >= 4 is 23.7 Å². The van der Waals surface area contributed by atoms with Gasteiger partial charge < -0.3 is 5.32 Å². The number of carbonyl (C=O) groups is 1. The van der Waals surface area contributed by atoms with Crippen molar-refractivity contribution < 1.29 is 4.79 Å². The van der Waals surface area contributed by atoms with Crippen LogP contribution in [0.1, 0.15) is 40.0 Å². The molecule has 1 amide bonds. The highest BCUT2D eigenvalue weighted by atomic mass is 16.1. The standard InChI is InChI=1S/C22H23N5O/c28-22(21-19(15-24-26-21)8-5-17-4-3-11-23-14-17)25-20-9-6-18(7-10-20)16-27-12-1-2-13-27/h3-11,14-15H,1-2,12-13,16H2,(H,24,26)(H,25,28)/b8-5+. The first-order valence-corrected chi connectivity index (χ1v) is 9.52. The smallest absolute Gasteiger partial charge is 0.274 e. The molecule has 0 atom stereocenters. The normalized spacial score (nSPS) is 14.6. The highest BCUT2D eigenvalue weighted by molar-refractivity contribution is 6.05. The molecule has 6 nitrogen and oxygen atoms in total. The summed E-state index contributed by atoms with van der Waals surface area (Å²) in [5, 5.41) is 9.73. The van der Waals surface area contributed by atoms with E-state index in [0.29, 0.717) is 5.69 Å². The average molecular weight is 373 g/mol. The van der Waals surface area contributed by atoms with Crippen molar-refractivity contribution in [2.75, 3.05) is 18.4 Å². The molecular formula is C22H23N5O. The fourth-order valence-electron chi connectivity index (χ4n) is 3.35. The van der Waals surface area contributed by atoms with Crippen molar-refractivity contribution in [3.05, 3.63) is 77.4 Å². The summed E-state index contributed by atoms with van der Waals surface area (Å²) in [6, 6.07) is 11.9. The van der Waals surface area contributed by atoms with E-state index in [4.69, 9.17) is 0 Å². The quantitative estimate of drug-likeness (QED) is 0.689. The van der Waals surface area contributed by atoms with Gasteiger partial charge in [0.1, 0.15) is 5.69 Å². The Morgan fingerprint density at radius 3 is 2.68 bits per heavy atom. The molecule has 1 fully saturated rings. The fourth-order valence-corrected chi connectivity index (χ4v) is 3.35. The SMILES string of the molecule is O=C(Nc1ccc(CN2CCCC2)cc1)c1[nH]ncc1/C=C/c1cccnc1. The van der Waals surface area contributed by atoms with E-state index in [9.17, 15) is 4.79 Å². The topological polar surface area (TPSA) is 73.9 Å². The number of aromatic amines is 1. The first kappa shape index (κ1) is 18.1. The Morgan fingerprint density at radius 1 is 1.11 bits per heavy atom. The number of hydrogen-bond donors (Lipinski definition) is 2. The van der Waals surface area contributed by atoms with Crippen LogP contribution in [0.4, 0.5) is 5.69 Å². The second kappa shape index (κ2) is 8.63. The number of benzene rings is 1. The lowest BCUT2D eigenvalue weighted by Crippen LogP contribution is -2.18. The Kier molecular flexibility index (Phi) is 5.58. The summed E-state index contributed by atoms with van der Waals surface area (Å²) in [4.78, 5) is 19.2. The van der Waals surface area contributed by atoms with Crippen molar-refractivity contribution in [3.8, 4) is 0 Å². The Labute approximate surface area is 164 Å². The molecule has 142 valence electrons. The van der Waals surface area contributed by atoms with Crippen LogP contribution in [0, 0.1) is 0 Å². The van der Waals surface area contributed by atoms with Crippen LogP contribution in [0.15, 0.2) is 55.0 Å². The molecule has 3 aromatic rings. The highest BCUT2D eigenvalue weighted by Crippen LogP contribution is 2.17. The first-order valence-electron chi connectivity index (χ1n) is 9.52. The van der Waals surface area contributed by atoms with Gasteiger partial charge >= 0.3 is 0 Å². The number of rotatable bonds is 6. The number of hydrogen-bond acceptors (Lipinski definition) is 4. The van der Waals surface area contributed by atoms with Crippen molar-refractivity contribution in [1.82, 2.24) is 20.1 Å². The van der Waals surface area contributed by atoms with Crippen LogP contribution in [0.2, 0.25) is 0 Å². The number of H-pyrrole nitrogens is 1. The Morgan fingerprint density at radius 2 is 1.93 bits per heavy atom. The molecule has 0 bridgehead atoms. The van der Waals surface area contributed by atoms with Crippen molar-refractivity contribution in [1.29, 1.82) is 0 Å². The minimum Gasteiger partial charge on any atom is -0.321 e. The van der Waals surface area contributed by atoms with Gasteiger partial charge in [0.25, 0.3) is 5.91 Å². The van der Waals surface area contributed by atoms with Gasteiger partial charge in [0.05, 0.1) is 6.20 Å². The number of likely N-dealkylation sites (tertiary alicyclic amines) is 1. The predicted molar refractivity (Wildman–Crippen MR) is 111 cm³/mol. The van der Waals surface area contributed by atoms with Crippen LogP contribution in [0.3, 0.4) is 0 Å². The van der Waals surface area contributed by atoms with E-state index >= 15 is 0 Å². The number of nitrogens with one attached hydrogen (secondary N) is 2. The van der Waals surface area contributed by atoms with Crippen LogP contribution in [0.25, 0.3) is 12.2 Å². The van der Waals surface area contributed by atoms with Gasteiger partial charge in [-0.1, -0.05) is 30.4 Å². The number of nitrogens with zero attached hydrogens (tertiary/aromatic N) is 3. The van der Waals surface area contributed by atoms with Gasteiger partial charge in [-0.3, -0.25) is 19.8 Å². The van der Waals surface area contributed by atoms with Gasteiger partial charge in [-0.25, -0.2) is 0 Å². The summed E-state index contributed by atoms with van der Waals surface area (Å²) in [6.45, 7) is 3.32. The molecule has 0 spiro atoms. The molecule has 0 aliphatic carbocycles. The third-order valence-corrected chi connectivity index (χ3v) is 4.85. The van der Waals surface area contributed by atoms with Gasteiger partial charge in [0.2, 0.25) is 0 Å². The summed E-state index contributed by atoms with van der Waals surface area (Å²) in [6.07, 6.45) is 11.5. The van der Waals surface area contributed by atoms with Gasteiger partial charge in [0.15, 0.2) is 0 Å². The maximum absolute atomic E-state index is 12.6. The molecule has 2 N–H and O–H groups in total. The van der Waals surface area contributed by atoms with E-state index in [0.717, 1.165) is 23.4 Å². The van der Waals surface area contributed by atoms with Gasteiger partial charge in [-0.15, -0.1) is 0 Å². The third-order valence-electron chi connectivity index (χ3n) is 4.85. The molecule has 0 saturated carbocycles. The fraction of sp³-hybridized carbons (Fsp3) is 0.227. The molecule has 3 heterocycles. The predicted octanol–water partition coefficient (Wildman–Crippen LogP) is 3.82. The Bertz CT molecular complexity index is 941. The molecule has 1 saturated heterocycles. The third kappa shape index (κ3) is 4.53. The zero-order valence-electron chi connectivity index (χ0n) is 15.6. The zero-order chi connectivity index (χ0) is 19.2.